The molecule has 0 N–H and O–H groups in total. The fraction of sp³-hybridized carbons (Fsp3) is 0.417. The molecule has 0 bridgehead atoms. The van der Waals surface area contributed by atoms with Crippen molar-refractivity contribution in [3.8, 4) is 0 Å². The SMILES string of the molecule is CC(C)CN1CCO[C@H](CN=CC2C(=O)N(c3ccccn3)C(=O)c3ccccc32)C1. The number of pyridine rings is 1. The monoisotopic (exact) mass is 420 g/mol. The summed E-state index contributed by atoms with van der Waals surface area (Å²) in [4.78, 5) is 38.6. The Balaban J connectivity index is 1.53. The van der Waals surface area contributed by atoms with Crippen LogP contribution in [0.15, 0.2) is 53.7 Å². The lowest BCUT2D eigenvalue weighted by Gasteiger charge is -2.33. The van der Waals surface area contributed by atoms with Crippen LogP contribution < -0.4 is 4.90 Å². The molecule has 0 saturated carbocycles. The number of amides is 2. The molecule has 0 aliphatic carbocycles. The van der Waals surface area contributed by atoms with Crippen molar-refractivity contribution in [2.45, 2.75) is 25.9 Å². The van der Waals surface area contributed by atoms with Gasteiger partial charge in [-0.15, -0.1) is 0 Å². The second kappa shape index (κ2) is 9.49. The van der Waals surface area contributed by atoms with Gasteiger partial charge in [0.1, 0.15) is 5.82 Å². The first-order valence-corrected chi connectivity index (χ1v) is 10.8. The van der Waals surface area contributed by atoms with Crippen molar-refractivity contribution < 1.29 is 14.3 Å². The summed E-state index contributed by atoms with van der Waals surface area (Å²) >= 11 is 0. The standard InChI is InChI=1S/C24H28N4O3/c1-17(2)15-27-11-12-31-18(16-27)13-25-14-21-19-7-3-4-8-20(19)23(29)28(24(21)30)22-9-5-6-10-26-22/h3-10,14,17-18,21H,11-13,15-16H2,1-2H3/t18-,21?/m1/s1. The lowest BCUT2D eigenvalue weighted by Crippen LogP contribution is -2.46. The smallest absolute Gasteiger partial charge is 0.266 e. The van der Waals surface area contributed by atoms with E-state index in [4.69, 9.17) is 4.74 Å². The molecular formula is C24H28N4O3. The van der Waals surface area contributed by atoms with Crippen LogP contribution in [-0.4, -0.2) is 66.8 Å². The summed E-state index contributed by atoms with van der Waals surface area (Å²) in [6, 6.07) is 12.4. The molecule has 162 valence electrons. The Hall–Kier alpha value is -2.90. The van der Waals surface area contributed by atoms with E-state index >= 15 is 0 Å². The highest BCUT2D eigenvalue weighted by Gasteiger charge is 2.39. The van der Waals surface area contributed by atoms with Gasteiger partial charge in [0.15, 0.2) is 0 Å². The predicted molar refractivity (Wildman–Crippen MR) is 120 cm³/mol. The molecule has 0 radical (unpaired) electrons. The van der Waals surface area contributed by atoms with Crippen molar-refractivity contribution >= 4 is 23.8 Å². The van der Waals surface area contributed by atoms with Crippen LogP contribution in [0.5, 0.6) is 0 Å². The molecule has 1 saturated heterocycles. The fourth-order valence-corrected chi connectivity index (χ4v) is 4.16. The van der Waals surface area contributed by atoms with Crippen LogP contribution in [-0.2, 0) is 9.53 Å². The molecule has 7 heteroatoms. The van der Waals surface area contributed by atoms with E-state index in [1.807, 2.05) is 12.1 Å². The fourth-order valence-electron chi connectivity index (χ4n) is 4.16. The summed E-state index contributed by atoms with van der Waals surface area (Å²) in [5, 5.41) is 0. The zero-order valence-electron chi connectivity index (χ0n) is 18.0. The summed E-state index contributed by atoms with van der Waals surface area (Å²) < 4.78 is 5.87. The van der Waals surface area contributed by atoms with Gasteiger partial charge >= 0.3 is 0 Å². The topological polar surface area (TPSA) is 75.1 Å². The number of ether oxygens (including phenoxy) is 1. The van der Waals surface area contributed by atoms with Crippen LogP contribution in [0.1, 0.15) is 35.7 Å². The lowest BCUT2D eigenvalue weighted by atomic mass is 9.89. The minimum absolute atomic E-state index is 0.00575. The van der Waals surface area contributed by atoms with Crippen LogP contribution in [0, 0.1) is 5.92 Å². The third kappa shape index (κ3) is 4.73. The number of hydrogen-bond acceptors (Lipinski definition) is 6. The molecule has 1 aromatic carbocycles. The summed E-state index contributed by atoms with van der Waals surface area (Å²) in [5.41, 5.74) is 1.18. The van der Waals surface area contributed by atoms with Crippen LogP contribution in [0.4, 0.5) is 5.82 Å². The highest BCUT2D eigenvalue weighted by molar-refractivity contribution is 6.28. The van der Waals surface area contributed by atoms with Gasteiger partial charge in [0.2, 0.25) is 5.91 Å². The van der Waals surface area contributed by atoms with Gasteiger partial charge in [0, 0.05) is 37.6 Å². The van der Waals surface area contributed by atoms with Gasteiger partial charge in [-0.05, 0) is 29.7 Å². The minimum atomic E-state index is -0.633. The Labute approximate surface area is 182 Å². The number of aromatic nitrogens is 1. The molecule has 4 rings (SSSR count). The van der Waals surface area contributed by atoms with E-state index < -0.39 is 5.92 Å². The maximum absolute atomic E-state index is 13.3. The lowest BCUT2D eigenvalue weighted by molar-refractivity contribution is -0.118. The second-order valence-electron chi connectivity index (χ2n) is 8.39. The number of carbonyl (C=O) groups excluding carboxylic acids is 2. The van der Waals surface area contributed by atoms with E-state index in [0.717, 1.165) is 24.5 Å². The highest BCUT2D eigenvalue weighted by atomic mass is 16.5. The van der Waals surface area contributed by atoms with Gasteiger partial charge < -0.3 is 4.74 Å². The van der Waals surface area contributed by atoms with Crippen LogP contribution in [0.2, 0.25) is 0 Å². The van der Waals surface area contributed by atoms with E-state index in [0.29, 0.717) is 36.0 Å². The second-order valence-corrected chi connectivity index (χ2v) is 8.39. The van der Waals surface area contributed by atoms with E-state index in [2.05, 4.69) is 28.7 Å². The van der Waals surface area contributed by atoms with Crippen molar-refractivity contribution in [2.75, 3.05) is 37.7 Å². The van der Waals surface area contributed by atoms with E-state index in [-0.39, 0.29) is 17.9 Å². The third-order valence-corrected chi connectivity index (χ3v) is 5.50. The maximum atomic E-state index is 13.3. The number of fused-ring (bicyclic) bond motifs is 1. The van der Waals surface area contributed by atoms with Gasteiger partial charge in [-0.3, -0.25) is 19.5 Å². The number of imide groups is 1. The first kappa shape index (κ1) is 21.3. The average molecular weight is 421 g/mol. The molecule has 3 heterocycles. The Morgan fingerprint density at radius 2 is 2.00 bits per heavy atom. The molecule has 2 amide bonds. The predicted octanol–water partition coefficient (Wildman–Crippen LogP) is 2.78. The number of hydrogen-bond donors (Lipinski definition) is 0. The molecule has 1 aromatic heterocycles. The van der Waals surface area contributed by atoms with E-state index in [9.17, 15) is 9.59 Å². The van der Waals surface area contributed by atoms with Gasteiger partial charge in [-0.25, -0.2) is 9.88 Å². The molecule has 31 heavy (non-hydrogen) atoms. The first-order valence-electron chi connectivity index (χ1n) is 10.8. The summed E-state index contributed by atoms with van der Waals surface area (Å²) in [7, 11) is 0. The van der Waals surface area contributed by atoms with Gasteiger partial charge in [0.25, 0.3) is 5.91 Å². The molecule has 1 fully saturated rings. The van der Waals surface area contributed by atoms with Gasteiger partial charge in [-0.2, -0.15) is 0 Å². The number of benzene rings is 1. The number of rotatable bonds is 6. The Morgan fingerprint density at radius 1 is 1.19 bits per heavy atom. The normalized spacial score (nSPS) is 22.4. The van der Waals surface area contributed by atoms with Crippen molar-refractivity contribution in [1.29, 1.82) is 0 Å². The van der Waals surface area contributed by atoms with Gasteiger partial charge in [-0.1, -0.05) is 38.1 Å². The summed E-state index contributed by atoms with van der Waals surface area (Å²) in [5.74, 6) is -0.397. The summed E-state index contributed by atoms with van der Waals surface area (Å²) in [6.45, 7) is 8.42. The van der Waals surface area contributed by atoms with Crippen LogP contribution in [0.25, 0.3) is 0 Å². The number of aliphatic imine (C=N–C) groups is 1. The largest absolute Gasteiger partial charge is 0.374 e. The Morgan fingerprint density at radius 3 is 2.77 bits per heavy atom. The van der Waals surface area contributed by atoms with E-state index in [1.54, 1.807) is 42.7 Å². The molecule has 0 spiro atoms. The molecule has 2 aromatic rings. The average Bonchev–Trinajstić information content (AvgIpc) is 2.77. The molecular weight excluding hydrogens is 392 g/mol. The molecule has 7 nitrogen and oxygen atoms in total. The minimum Gasteiger partial charge on any atom is -0.374 e. The first-order chi connectivity index (χ1) is 15.0. The Kier molecular flexibility index (Phi) is 6.53. The molecule has 2 atom stereocenters. The van der Waals surface area contributed by atoms with Crippen molar-refractivity contribution in [1.82, 2.24) is 9.88 Å². The quantitative estimate of drug-likeness (QED) is 0.531. The number of carbonyl (C=O) groups is 2. The zero-order chi connectivity index (χ0) is 21.8. The Bertz CT molecular complexity index is 960. The van der Waals surface area contributed by atoms with Gasteiger partial charge in [0.05, 0.1) is 25.2 Å². The molecule has 2 aliphatic rings. The number of morpholine rings is 1. The van der Waals surface area contributed by atoms with Crippen molar-refractivity contribution in [3.63, 3.8) is 0 Å². The third-order valence-electron chi connectivity index (χ3n) is 5.50. The maximum Gasteiger partial charge on any atom is 0.266 e. The van der Waals surface area contributed by atoms with E-state index in [1.165, 1.54) is 0 Å². The number of nitrogens with zero attached hydrogens (tertiary/aromatic N) is 4. The highest BCUT2D eigenvalue weighted by Crippen LogP contribution is 2.31. The molecule has 1 unspecified atom stereocenters. The number of anilines is 1. The molecule has 2 aliphatic heterocycles. The summed E-state index contributed by atoms with van der Waals surface area (Å²) in [6.07, 6.45) is 3.24. The zero-order valence-corrected chi connectivity index (χ0v) is 18.0. The van der Waals surface area contributed by atoms with Crippen molar-refractivity contribution in [3.05, 3.63) is 59.8 Å². The van der Waals surface area contributed by atoms with Crippen LogP contribution >= 0.6 is 0 Å². The van der Waals surface area contributed by atoms with Crippen LogP contribution in [0.3, 0.4) is 0 Å². The van der Waals surface area contributed by atoms with Crippen molar-refractivity contribution in [2.24, 2.45) is 10.9 Å².